The third-order valence-corrected chi connectivity index (χ3v) is 2.85. The predicted octanol–water partition coefficient (Wildman–Crippen LogP) is 0.885. The van der Waals surface area contributed by atoms with Crippen molar-refractivity contribution in [1.82, 2.24) is 30.8 Å². The van der Waals surface area contributed by atoms with E-state index in [1.807, 2.05) is 30.3 Å². The molecule has 0 spiro atoms. The molecule has 6 nitrogen and oxygen atoms in total. The van der Waals surface area contributed by atoms with E-state index in [4.69, 9.17) is 11.6 Å². The molecule has 0 radical (unpaired) electrons. The summed E-state index contributed by atoms with van der Waals surface area (Å²) in [7, 11) is 0. The normalized spacial score (nSPS) is 15.2. The Morgan fingerprint density at radius 3 is 2.26 bits per heavy atom. The highest BCUT2D eigenvalue weighted by Crippen LogP contribution is 2.09. The minimum absolute atomic E-state index is 0.265. The Labute approximate surface area is 117 Å². The molecule has 7 heteroatoms. The zero-order valence-corrected chi connectivity index (χ0v) is 11.3. The first kappa shape index (κ1) is 13.9. The lowest BCUT2D eigenvalue weighted by atomic mass is 10.3. The molecule has 1 fully saturated rings. The highest BCUT2D eigenvalue weighted by Gasteiger charge is 2.02. The first-order chi connectivity index (χ1) is 9.38. The smallest absolute Gasteiger partial charge is 0.247 e. The molecule has 2 N–H and O–H groups in total. The Kier molecular flexibility index (Phi) is 5.74. The molecule has 2 aromatic rings. The van der Waals surface area contributed by atoms with Crippen LogP contribution >= 0.6 is 11.6 Å². The van der Waals surface area contributed by atoms with E-state index < -0.39 is 0 Å². The molecule has 1 saturated heterocycles. The van der Waals surface area contributed by atoms with Crippen LogP contribution in [0.2, 0.25) is 5.28 Å². The highest BCUT2D eigenvalue weighted by atomic mass is 35.5. The number of aromatic nitrogens is 4. The molecular formula is C12H17ClN6. The zero-order chi connectivity index (χ0) is 13.3. The summed E-state index contributed by atoms with van der Waals surface area (Å²) in [6.07, 6.45) is 1.28. The summed E-state index contributed by atoms with van der Waals surface area (Å²) >= 11 is 5.70. The molecular weight excluding hydrogens is 264 g/mol. The van der Waals surface area contributed by atoms with Crippen LogP contribution < -0.4 is 10.6 Å². The summed E-state index contributed by atoms with van der Waals surface area (Å²) in [4.78, 5) is 0. The van der Waals surface area contributed by atoms with Crippen molar-refractivity contribution in [2.45, 2.75) is 6.42 Å². The van der Waals surface area contributed by atoms with Crippen molar-refractivity contribution in [3.05, 3.63) is 35.6 Å². The Bertz CT molecular complexity index is 452. The number of rotatable bonds is 1. The van der Waals surface area contributed by atoms with E-state index in [1.165, 1.54) is 24.2 Å². The molecule has 1 aliphatic heterocycles. The fourth-order valence-corrected chi connectivity index (χ4v) is 1.83. The van der Waals surface area contributed by atoms with Crippen LogP contribution in [0.25, 0.3) is 5.69 Å². The van der Waals surface area contributed by atoms with Gasteiger partial charge in [0, 0.05) is 13.1 Å². The molecule has 3 rings (SSSR count). The van der Waals surface area contributed by atoms with Crippen molar-refractivity contribution in [2.75, 3.05) is 26.2 Å². The summed E-state index contributed by atoms with van der Waals surface area (Å²) in [5, 5.41) is 17.5. The Morgan fingerprint density at radius 2 is 1.68 bits per heavy atom. The molecule has 0 saturated carbocycles. The van der Waals surface area contributed by atoms with Gasteiger partial charge in [0.25, 0.3) is 0 Å². The third-order valence-electron chi connectivity index (χ3n) is 2.62. The van der Waals surface area contributed by atoms with Crippen molar-refractivity contribution < 1.29 is 0 Å². The van der Waals surface area contributed by atoms with Crippen LogP contribution in [-0.2, 0) is 0 Å². The lowest BCUT2D eigenvalue weighted by Crippen LogP contribution is -2.21. The van der Waals surface area contributed by atoms with E-state index in [-0.39, 0.29) is 5.28 Å². The van der Waals surface area contributed by atoms with Gasteiger partial charge in [-0.2, -0.15) is 4.68 Å². The van der Waals surface area contributed by atoms with Crippen molar-refractivity contribution >= 4 is 11.6 Å². The molecule has 0 bridgehead atoms. The first-order valence-corrected chi connectivity index (χ1v) is 6.66. The number of hydrogen-bond donors (Lipinski definition) is 2. The largest absolute Gasteiger partial charge is 0.315 e. The van der Waals surface area contributed by atoms with Crippen LogP contribution in [0.3, 0.4) is 0 Å². The maximum absolute atomic E-state index is 5.70. The molecule has 0 amide bonds. The van der Waals surface area contributed by atoms with E-state index >= 15 is 0 Å². The second kappa shape index (κ2) is 7.83. The Hall–Kier alpha value is -1.50. The maximum atomic E-state index is 5.70. The second-order valence-corrected chi connectivity index (χ2v) is 4.39. The van der Waals surface area contributed by atoms with Crippen molar-refractivity contribution in [1.29, 1.82) is 0 Å². The molecule has 19 heavy (non-hydrogen) atoms. The number of nitrogens with one attached hydrogen (secondary N) is 2. The third kappa shape index (κ3) is 4.59. The van der Waals surface area contributed by atoms with Gasteiger partial charge < -0.3 is 10.6 Å². The van der Waals surface area contributed by atoms with Crippen LogP contribution in [-0.4, -0.2) is 46.4 Å². The van der Waals surface area contributed by atoms with Crippen LogP contribution in [0, 0.1) is 0 Å². The van der Waals surface area contributed by atoms with Crippen molar-refractivity contribution in [3.63, 3.8) is 0 Å². The maximum Gasteiger partial charge on any atom is 0.247 e. The number of para-hydroxylation sites is 1. The van der Waals surface area contributed by atoms with Gasteiger partial charge in [0.2, 0.25) is 5.28 Å². The fraction of sp³-hybridized carbons (Fsp3) is 0.417. The molecule has 0 unspecified atom stereocenters. The van der Waals surface area contributed by atoms with Gasteiger partial charge in [-0.25, -0.2) is 0 Å². The van der Waals surface area contributed by atoms with Crippen LogP contribution in [0.15, 0.2) is 30.3 Å². The standard InChI is InChI=1S/C7H5ClN4.C5H12N2/c8-7-9-10-11-12(7)6-4-2-1-3-5-6;1-2-6-4-5-7-3-1/h1-5H;6-7H,1-5H2. The van der Waals surface area contributed by atoms with Crippen molar-refractivity contribution in [2.24, 2.45) is 0 Å². The molecule has 1 aliphatic rings. The summed E-state index contributed by atoms with van der Waals surface area (Å²) in [6.45, 7) is 4.65. The monoisotopic (exact) mass is 280 g/mol. The average molecular weight is 281 g/mol. The molecule has 102 valence electrons. The van der Waals surface area contributed by atoms with Gasteiger partial charge in [-0.05, 0) is 53.7 Å². The topological polar surface area (TPSA) is 67.7 Å². The minimum Gasteiger partial charge on any atom is -0.315 e. The number of nitrogens with zero attached hydrogens (tertiary/aromatic N) is 4. The molecule has 1 aromatic carbocycles. The van der Waals surface area contributed by atoms with Crippen LogP contribution in [0.4, 0.5) is 0 Å². The SMILES string of the molecule is C1CNCCNC1.Clc1nnnn1-c1ccccc1. The van der Waals surface area contributed by atoms with E-state index in [2.05, 4.69) is 26.2 Å². The van der Waals surface area contributed by atoms with Crippen LogP contribution in [0.1, 0.15) is 6.42 Å². The lowest BCUT2D eigenvalue weighted by Gasteiger charge is -1.97. The molecule has 0 atom stereocenters. The highest BCUT2D eigenvalue weighted by molar-refractivity contribution is 6.28. The summed E-state index contributed by atoms with van der Waals surface area (Å²) < 4.78 is 1.46. The van der Waals surface area contributed by atoms with Gasteiger partial charge in [0.05, 0.1) is 5.69 Å². The van der Waals surface area contributed by atoms with E-state index in [0.29, 0.717) is 0 Å². The minimum atomic E-state index is 0.265. The van der Waals surface area contributed by atoms with Gasteiger partial charge in [-0.15, -0.1) is 0 Å². The Balaban J connectivity index is 0.000000163. The molecule has 0 aliphatic carbocycles. The number of benzene rings is 1. The van der Waals surface area contributed by atoms with E-state index in [0.717, 1.165) is 18.8 Å². The van der Waals surface area contributed by atoms with Gasteiger partial charge in [-0.3, -0.25) is 0 Å². The summed E-state index contributed by atoms with van der Waals surface area (Å²) in [5.74, 6) is 0. The Morgan fingerprint density at radius 1 is 1.00 bits per heavy atom. The fourth-order valence-electron chi connectivity index (χ4n) is 1.67. The van der Waals surface area contributed by atoms with Gasteiger partial charge >= 0.3 is 0 Å². The number of hydrogen-bond acceptors (Lipinski definition) is 5. The van der Waals surface area contributed by atoms with Gasteiger partial charge in [-0.1, -0.05) is 23.3 Å². The van der Waals surface area contributed by atoms with Gasteiger partial charge in [0.1, 0.15) is 0 Å². The number of tetrazole rings is 1. The quantitative estimate of drug-likeness (QED) is 0.812. The first-order valence-electron chi connectivity index (χ1n) is 6.28. The van der Waals surface area contributed by atoms with Gasteiger partial charge in [0.15, 0.2) is 0 Å². The number of halogens is 1. The summed E-state index contributed by atoms with van der Waals surface area (Å²) in [5.41, 5.74) is 0.854. The average Bonchev–Trinajstić information content (AvgIpc) is 2.71. The second-order valence-electron chi connectivity index (χ2n) is 4.05. The predicted molar refractivity (Wildman–Crippen MR) is 74.5 cm³/mol. The molecule has 1 aromatic heterocycles. The lowest BCUT2D eigenvalue weighted by molar-refractivity contribution is 0.718. The zero-order valence-electron chi connectivity index (χ0n) is 10.6. The van der Waals surface area contributed by atoms with Crippen molar-refractivity contribution in [3.8, 4) is 5.69 Å². The molecule has 2 heterocycles. The van der Waals surface area contributed by atoms with E-state index in [1.54, 1.807) is 0 Å². The summed E-state index contributed by atoms with van der Waals surface area (Å²) in [6, 6.07) is 9.47. The van der Waals surface area contributed by atoms with Crippen LogP contribution in [0.5, 0.6) is 0 Å². The van der Waals surface area contributed by atoms with E-state index in [9.17, 15) is 0 Å².